The van der Waals surface area contributed by atoms with E-state index in [4.69, 9.17) is 9.84 Å². The van der Waals surface area contributed by atoms with Gasteiger partial charge in [0.2, 0.25) is 0 Å². The highest BCUT2D eigenvalue weighted by Gasteiger charge is 2.50. The molecule has 2 saturated carbocycles. The molecule has 2 aliphatic rings. The second-order valence-electron chi connectivity index (χ2n) is 5.16. The monoisotopic (exact) mass is 256 g/mol. The van der Waals surface area contributed by atoms with Crippen LogP contribution in [0.5, 0.6) is 0 Å². The molecule has 2 aliphatic carbocycles. The number of rotatable bonds is 7. The number of carboxylic acid groups (broad SMARTS) is 1. The van der Waals surface area contributed by atoms with Gasteiger partial charge in [0.25, 0.3) is 0 Å². The van der Waals surface area contributed by atoms with Crippen molar-refractivity contribution in [3.05, 3.63) is 0 Å². The molecule has 0 aromatic heterocycles. The second kappa shape index (κ2) is 5.14. The van der Waals surface area contributed by atoms with E-state index < -0.39 is 11.4 Å². The molecule has 102 valence electrons. The predicted octanol–water partition coefficient (Wildman–Crippen LogP) is 0.672. The number of hydrogen-bond acceptors (Lipinski definition) is 3. The fourth-order valence-corrected chi connectivity index (χ4v) is 1.99. The Morgan fingerprint density at radius 3 is 2.56 bits per heavy atom. The summed E-state index contributed by atoms with van der Waals surface area (Å²) in [6.07, 6.45) is 3.37. The Kier molecular flexibility index (Phi) is 3.75. The molecule has 0 aromatic carbocycles. The molecule has 0 atom stereocenters. The number of nitrogens with zero attached hydrogens (tertiary/aromatic N) is 1. The maximum atomic E-state index is 12.0. The van der Waals surface area contributed by atoms with Crippen molar-refractivity contribution in [3.8, 4) is 0 Å². The van der Waals surface area contributed by atoms with E-state index in [9.17, 15) is 9.59 Å². The number of carbonyl (C=O) groups excluding carboxylic acids is 1. The van der Waals surface area contributed by atoms with Crippen LogP contribution in [0.4, 0.5) is 4.79 Å². The number of aliphatic carboxylic acids is 1. The van der Waals surface area contributed by atoms with Crippen LogP contribution >= 0.6 is 0 Å². The van der Waals surface area contributed by atoms with Crippen molar-refractivity contribution in [2.24, 2.45) is 5.41 Å². The first-order chi connectivity index (χ1) is 8.59. The lowest BCUT2D eigenvalue weighted by Crippen LogP contribution is -2.45. The van der Waals surface area contributed by atoms with Gasteiger partial charge < -0.3 is 20.1 Å². The Hall–Kier alpha value is -1.30. The molecule has 0 bridgehead atoms. The van der Waals surface area contributed by atoms with E-state index in [2.05, 4.69) is 5.32 Å². The zero-order valence-electron chi connectivity index (χ0n) is 10.6. The minimum absolute atomic E-state index is 0.165. The quantitative estimate of drug-likeness (QED) is 0.701. The number of carboxylic acids is 1. The molecule has 0 radical (unpaired) electrons. The number of methoxy groups -OCH3 is 1. The number of hydrogen-bond donors (Lipinski definition) is 2. The molecule has 0 aromatic rings. The van der Waals surface area contributed by atoms with Gasteiger partial charge in [-0.1, -0.05) is 0 Å². The number of ether oxygens (including phenoxy) is 1. The van der Waals surface area contributed by atoms with Crippen LogP contribution in [0.2, 0.25) is 0 Å². The second-order valence-corrected chi connectivity index (χ2v) is 5.16. The minimum Gasteiger partial charge on any atom is -0.481 e. The van der Waals surface area contributed by atoms with Gasteiger partial charge in [0.15, 0.2) is 0 Å². The SMILES string of the molecule is COCCN(C(=O)NCC1(C(=O)O)CC1)C1CC1. The summed E-state index contributed by atoms with van der Waals surface area (Å²) in [5.41, 5.74) is -0.702. The van der Waals surface area contributed by atoms with Crippen LogP contribution in [0.3, 0.4) is 0 Å². The molecular formula is C12H20N2O4. The maximum absolute atomic E-state index is 12.0. The Bertz CT molecular complexity index is 337. The van der Waals surface area contributed by atoms with Gasteiger partial charge in [-0.15, -0.1) is 0 Å². The molecule has 2 fully saturated rings. The van der Waals surface area contributed by atoms with Gasteiger partial charge in [-0.25, -0.2) is 4.79 Å². The van der Waals surface area contributed by atoms with Crippen molar-refractivity contribution in [2.45, 2.75) is 31.7 Å². The van der Waals surface area contributed by atoms with Crippen LogP contribution in [0.25, 0.3) is 0 Å². The predicted molar refractivity (Wildman–Crippen MR) is 64.3 cm³/mol. The van der Waals surface area contributed by atoms with Gasteiger partial charge in [0.05, 0.1) is 12.0 Å². The fraction of sp³-hybridized carbons (Fsp3) is 0.833. The summed E-state index contributed by atoms with van der Waals surface area (Å²) < 4.78 is 4.98. The third-order valence-corrected chi connectivity index (χ3v) is 3.67. The third-order valence-electron chi connectivity index (χ3n) is 3.67. The Labute approximate surface area is 106 Å². The number of amides is 2. The zero-order chi connectivity index (χ0) is 13.2. The van der Waals surface area contributed by atoms with Crippen LogP contribution in [0.15, 0.2) is 0 Å². The molecule has 6 nitrogen and oxygen atoms in total. The molecule has 2 N–H and O–H groups in total. The average Bonchev–Trinajstić information content (AvgIpc) is 3.20. The van der Waals surface area contributed by atoms with E-state index in [1.807, 2.05) is 0 Å². The highest BCUT2D eigenvalue weighted by Crippen LogP contribution is 2.45. The summed E-state index contributed by atoms with van der Waals surface area (Å²) in [6.45, 7) is 1.30. The van der Waals surface area contributed by atoms with Crippen molar-refractivity contribution in [1.29, 1.82) is 0 Å². The molecule has 2 rings (SSSR count). The topological polar surface area (TPSA) is 78.9 Å². The smallest absolute Gasteiger partial charge is 0.317 e. The molecule has 2 amide bonds. The van der Waals surface area contributed by atoms with Crippen LogP contribution in [-0.2, 0) is 9.53 Å². The van der Waals surface area contributed by atoms with Gasteiger partial charge in [-0.2, -0.15) is 0 Å². The molecule has 6 heteroatoms. The Balaban J connectivity index is 1.80. The van der Waals surface area contributed by atoms with Crippen molar-refractivity contribution in [3.63, 3.8) is 0 Å². The van der Waals surface area contributed by atoms with E-state index in [1.165, 1.54) is 0 Å². The molecule has 0 saturated heterocycles. The first-order valence-electron chi connectivity index (χ1n) is 6.36. The van der Waals surface area contributed by atoms with E-state index in [1.54, 1.807) is 12.0 Å². The minimum atomic E-state index is -0.808. The molecule has 0 unspecified atom stereocenters. The summed E-state index contributed by atoms with van der Waals surface area (Å²) in [7, 11) is 1.60. The fourth-order valence-electron chi connectivity index (χ4n) is 1.99. The largest absolute Gasteiger partial charge is 0.481 e. The van der Waals surface area contributed by atoms with Crippen LogP contribution < -0.4 is 5.32 Å². The van der Waals surface area contributed by atoms with Gasteiger partial charge in [-0.3, -0.25) is 4.79 Å². The zero-order valence-corrected chi connectivity index (χ0v) is 10.6. The van der Waals surface area contributed by atoms with Crippen LogP contribution in [0.1, 0.15) is 25.7 Å². The first-order valence-corrected chi connectivity index (χ1v) is 6.36. The summed E-state index contributed by atoms with van der Waals surface area (Å²) in [6, 6.07) is 0.141. The lowest BCUT2D eigenvalue weighted by atomic mass is 10.1. The lowest BCUT2D eigenvalue weighted by Gasteiger charge is -2.23. The first kappa shape index (κ1) is 13.1. The summed E-state index contributed by atoms with van der Waals surface area (Å²) >= 11 is 0. The van der Waals surface area contributed by atoms with E-state index in [0.717, 1.165) is 12.8 Å². The lowest BCUT2D eigenvalue weighted by molar-refractivity contribution is -0.143. The number of urea groups is 1. The highest BCUT2D eigenvalue weighted by atomic mass is 16.5. The molecule has 0 heterocycles. The van der Waals surface area contributed by atoms with E-state index >= 15 is 0 Å². The molecule has 0 spiro atoms. The normalized spacial score (nSPS) is 20.3. The van der Waals surface area contributed by atoms with Crippen LogP contribution in [-0.4, -0.2) is 54.9 Å². The van der Waals surface area contributed by atoms with Crippen molar-refractivity contribution in [1.82, 2.24) is 10.2 Å². The van der Waals surface area contributed by atoms with E-state index in [0.29, 0.717) is 32.0 Å². The van der Waals surface area contributed by atoms with E-state index in [-0.39, 0.29) is 12.6 Å². The summed E-state index contributed by atoms with van der Waals surface area (Å²) in [4.78, 5) is 24.7. The summed E-state index contributed by atoms with van der Waals surface area (Å²) in [5, 5.41) is 11.8. The Morgan fingerprint density at radius 2 is 2.11 bits per heavy atom. The van der Waals surface area contributed by atoms with Crippen molar-refractivity contribution >= 4 is 12.0 Å². The van der Waals surface area contributed by atoms with Gasteiger partial charge >= 0.3 is 12.0 Å². The number of carbonyl (C=O) groups is 2. The molecule has 18 heavy (non-hydrogen) atoms. The Morgan fingerprint density at radius 1 is 1.44 bits per heavy atom. The third kappa shape index (κ3) is 2.93. The molecule has 0 aliphatic heterocycles. The molecular weight excluding hydrogens is 236 g/mol. The van der Waals surface area contributed by atoms with Gasteiger partial charge in [-0.05, 0) is 25.7 Å². The standard InChI is InChI=1S/C12H20N2O4/c1-18-7-6-14(9-2-3-9)11(17)13-8-12(4-5-12)10(15)16/h9H,2-8H2,1H3,(H,13,17)(H,15,16). The van der Waals surface area contributed by atoms with Crippen LogP contribution in [0, 0.1) is 5.41 Å². The van der Waals surface area contributed by atoms with Crippen molar-refractivity contribution < 1.29 is 19.4 Å². The van der Waals surface area contributed by atoms with Gasteiger partial charge in [0.1, 0.15) is 0 Å². The van der Waals surface area contributed by atoms with Crippen molar-refractivity contribution in [2.75, 3.05) is 26.8 Å². The number of nitrogens with one attached hydrogen (secondary N) is 1. The van der Waals surface area contributed by atoms with Gasteiger partial charge in [0, 0.05) is 26.2 Å². The average molecular weight is 256 g/mol. The highest BCUT2D eigenvalue weighted by molar-refractivity contribution is 5.80. The summed E-state index contributed by atoms with van der Waals surface area (Å²) in [5.74, 6) is -0.808. The maximum Gasteiger partial charge on any atom is 0.317 e.